The number of hydrogen-bond acceptors (Lipinski definition) is 5. The summed E-state index contributed by atoms with van der Waals surface area (Å²) in [6.07, 6.45) is 5.47. The predicted molar refractivity (Wildman–Crippen MR) is 86.5 cm³/mol. The second-order valence-corrected chi connectivity index (χ2v) is 7.28. The lowest BCUT2D eigenvalue weighted by Crippen LogP contribution is -2.66. The summed E-state index contributed by atoms with van der Waals surface area (Å²) in [4.78, 5) is 6.47. The lowest BCUT2D eigenvalue weighted by Gasteiger charge is -2.53. The van der Waals surface area contributed by atoms with E-state index in [4.69, 9.17) is 14.2 Å². The lowest BCUT2D eigenvalue weighted by molar-refractivity contribution is -0.189. The first kappa shape index (κ1) is 16.2. The molecule has 24 heavy (non-hydrogen) atoms. The van der Waals surface area contributed by atoms with Crippen LogP contribution in [0, 0.1) is 11.7 Å². The van der Waals surface area contributed by atoms with Crippen LogP contribution in [-0.4, -0.2) is 61.0 Å². The van der Waals surface area contributed by atoms with Crippen molar-refractivity contribution in [3.63, 3.8) is 0 Å². The highest BCUT2D eigenvalue weighted by atomic mass is 19.1. The molecule has 3 aliphatic heterocycles. The second kappa shape index (κ2) is 6.94. The molecule has 6 heteroatoms. The first-order valence-electron chi connectivity index (χ1n) is 8.94. The van der Waals surface area contributed by atoms with Crippen LogP contribution in [0.5, 0.6) is 5.88 Å². The van der Waals surface area contributed by atoms with Gasteiger partial charge in [-0.05, 0) is 30.9 Å². The number of ether oxygens (including phenoxy) is 3. The van der Waals surface area contributed by atoms with E-state index in [1.807, 2.05) is 0 Å². The molecular formula is C18H25FN2O3. The van der Waals surface area contributed by atoms with E-state index in [0.717, 1.165) is 64.4 Å². The van der Waals surface area contributed by atoms with E-state index >= 15 is 0 Å². The Morgan fingerprint density at radius 3 is 2.88 bits per heavy atom. The third kappa shape index (κ3) is 3.55. The molecule has 1 aromatic rings. The molecule has 1 aromatic heterocycles. The molecule has 3 fully saturated rings. The van der Waals surface area contributed by atoms with Gasteiger partial charge in [0.1, 0.15) is 6.10 Å². The van der Waals surface area contributed by atoms with Crippen molar-refractivity contribution in [3.05, 3.63) is 24.1 Å². The first-order chi connectivity index (χ1) is 11.7. The first-order valence-corrected chi connectivity index (χ1v) is 8.94. The Hall–Kier alpha value is -1.24. The number of nitrogens with zero attached hydrogens (tertiary/aromatic N) is 2. The van der Waals surface area contributed by atoms with Crippen molar-refractivity contribution in [2.75, 3.05) is 39.5 Å². The molecule has 0 radical (unpaired) electrons. The molecule has 3 saturated heterocycles. The summed E-state index contributed by atoms with van der Waals surface area (Å²) in [5.41, 5.74) is -0.112. The highest BCUT2D eigenvalue weighted by Crippen LogP contribution is 2.36. The Labute approximate surface area is 142 Å². The molecule has 132 valence electrons. The maximum absolute atomic E-state index is 13.7. The number of aromatic nitrogens is 1. The van der Waals surface area contributed by atoms with Gasteiger partial charge in [0, 0.05) is 51.9 Å². The summed E-state index contributed by atoms with van der Waals surface area (Å²) in [5, 5.41) is 0. The SMILES string of the molecule is Fc1cccnc1O[C@@H]1CCOC2(C1)CN(CC1CCOCC1)C2. The molecule has 5 nitrogen and oxygen atoms in total. The smallest absolute Gasteiger partial charge is 0.250 e. The van der Waals surface area contributed by atoms with Crippen LogP contribution in [0.3, 0.4) is 0 Å². The van der Waals surface area contributed by atoms with E-state index in [1.165, 1.54) is 6.07 Å². The van der Waals surface area contributed by atoms with Crippen LogP contribution in [0.1, 0.15) is 25.7 Å². The Morgan fingerprint density at radius 2 is 2.08 bits per heavy atom. The number of rotatable bonds is 4. The van der Waals surface area contributed by atoms with Gasteiger partial charge in [0.2, 0.25) is 0 Å². The Kier molecular flexibility index (Phi) is 4.70. The molecule has 1 atom stereocenters. The zero-order chi connectivity index (χ0) is 16.4. The summed E-state index contributed by atoms with van der Waals surface area (Å²) in [7, 11) is 0. The molecular weight excluding hydrogens is 311 g/mol. The minimum atomic E-state index is -0.396. The summed E-state index contributed by atoms with van der Waals surface area (Å²) >= 11 is 0. The van der Waals surface area contributed by atoms with E-state index < -0.39 is 5.82 Å². The third-order valence-electron chi connectivity index (χ3n) is 5.33. The van der Waals surface area contributed by atoms with E-state index in [1.54, 1.807) is 12.3 Å². The largest absolute Gasteiger partial charge is 0.472 e. The van der Waals surface area contributed by atoms with Crippen LogP contribution in [0.2, 0.25) is 0 Å². The van der Waals surface area contributed by atoms with Gasteiger partial charge in [-0.2, -0.15) is 0 Å². The average Bonchev–Trinajstić information content (AvgIpc) is 2.57. The number of pyridine rings is 1. The fourth-order valence-electron chi connectivity index (χ4n) is 4.11. The molecule has 0 unspecified atom stereocenters. The highest BCUT2D eigenvalue weighted by Gasteiger charge is 2.48. The van der Waals surface area contributed by atoms with Gasteiger partial charge >= 0.3 is 0 Å². The molecule has 4 heterocycles. The lowest BCUT2D eigenvalue weighted by atomic mass is 9.83. The predicted octanol–water partition coefficient (Wildman–Crippen LogP) is 2.26. The van der Waals surface area contributed by atoms with Gasteiger partial charge in [0.25, 0.3) is 5.88 Å². The number of hydrogen-bond donors (Lipinski definition) is 0. The van der Waals surface area contributed by atoms with Crippen LogP contribution in [-0.2, 0) is 9.47 Å². The molecule has 0 amide bonds. The second-order valence-electron chi connectivity index (χ2n) is 7.28. The van der Waals surface area contributed by atoms with Crippen molar-refractivity contribution < 1.29 is 18.6 Å². The molecule has 1 spiro atoms. The summed E-state index contributed by atoms with van der Waals surface area (Å²) in [6.45, 7) is 5.50. The van der Waals surface area contributed by atoms with Crippen LogP contribution in [0.4, 0.5) is 4.39 Å². The summed E-state index contributed by atoms with van der Waals surface area (Å²) in [5.74, 6) is 0.458. The maximum Gasteiger partial charge on any atom is 0.250 e. The minimum Gasteiger partial charge on any atom is -0.472 e. The van der Waals surface area contributed by atoms with Crippen LogP contribution < -0.4 is 4.74 Å². The van der Waals surface area contributed by atoms with Gasteiger partial charge in [-0.25, -0.2) is 9.37 Å². The zero-order valence-electron chi connectivity index (χ0n) is 14.0. The molecule has 0 saturated carbocycles. The van der Waals surface area contributed by atoms with Crippen molar-refractivity contribution in [1.82, 2.24) is 9.88 Å². The zero-order valence-corrected chi connectivity index (χ0v) is 14.0. The van der Waals surface area contributed by atoms with Crippen LogP contribution in [0.25, 0.3) is 0 Å². The quantitative estimate of drug-likeness (QED) is 0.844. The average molecular weight is 336 g/mol. The molecule has 0 aromatic carbocycles. The molecule has 3 aliphatic rings. The molecule has 0 N–H and O–H groups in total. The Bertz CT molecular complexity index is 559. The van der Waals surface area contributed by atoms with Crippen molar-refractivity contribution in [1.29, 1.82) is 0 Å². The van der Waals surface area contributed by atoms with Crippen molar-refractivity contribution in [3.8, 4) is 5.88 Å². The topological polar surface area (TPSA) is 43.8 Å². The molecule has 0 aliphatic carbocycles. The highest BCUT2D eigenvalue weighted by molar-refractivity contribution is 5.14. The summed E-state index contributed by atoms with van der Waals surface area (Å²) < 4.78 is 31.0. The van der Waals surface area contributed by atoms with Gasteiger partial charge in [-0.3, -0.25) is 4.90 Å². The van der Waals surface area contributed by atoms with Crippen LogP contribution >= 0.6 is 0 Å². The fraction of sp³-hybridized carbons (Fsp3) is 0.722. The molecule has 4 rings (SSSR count). The number of halogens is 1. The van der Waals surface area contributed by atoms with E-state index in [2.05, 4.69) is 9.88 Å². The Balaban J connectivity index is 1.29. The van der Waals surface area contributed by atoms with E-state index in [9.17, 15) is 4.39 Å². The van der Waals surface area contributed by atoms with Crippen molar-refractivity contribution in [2.24, 2.45) is 5.92 Å². The minimum absolute atomic E-state index is 0.0200. The van der Waals surface area contributed by atoms with Gasteiger partial charge in [-0.15, -0.1) is 0 Å². The van der Waals surface area contributed by atoms with Crippen LogP contribution in [0.15, 0.2) is 18.3 Å². The summed E-state index contributed by atoms with van der Waals surface area (Å²) in [6, 6.07) is 2.96. The van der Waals surface area contributed by atoms with Gasteiger partial charge in [0.05, 0.1) is 12.2 Å². The van der Waals surface area contributed by atoms with Gasteiger partial charge < -0.3 is 14.2 Å². The monoisotopic (exact) mass is 336 g/mol. The van der Waals surface area contributed by atoms with Gasteiger partial charge in [0.15, 0.2) is 5.82 Å². The van der Waals surface area contributed by atoms with Crippen molar-refractivity contribution in [2.45, 2.75) is 37.4 Å². The Morgan fingerprint density at radius 1 is 1.25 bits per heavy atom. The molecule has 0 bridgehead atoms. The number of likely N-dealkylation sites (tertiary alicyclic amines) is 1. The standard InChI is InChI=1S/C18H25FN2O3/c19-16-2-1-6-20-17(16)24-15-5-9-23-18(10-15)12-21(13-18)11-14-3-7-22-8-4-14/h1-2,6,14-15H,3-5,7-13H2/t15-/m1/s1. The van der Waals surface area contributed by atoms with Crippen molar-refractivity contribution >= 4 is 0 Å². The van der Waals surface area contributed by atoms with Gasteiger partial charge in [-0.1, -0.05) is 0 Å². The fourth-order valence-corrected chi connectivity index (χ4v) is 4.11. The third-order valence-corrected chi connectivity index (χ3v) is 5.33. The maximum atomic E-state index is 13.7. The normalized spacial score (nSPS) is 27.8. The van der Waals surface area contributed by atoms with E-state index in [0.29, 0.717) is 6.61 Å². The van der Waals surface area contributed by atoms with E-state index in [-0.39, 0.29) is 17.6 Å².